The number of amides is 3. The van der Waals surface area contributed by atoms with Crippen molar-refractivity contribution >= 4 is 23.4 Å². The molecule has 0 N–H and O–H groups in total. The number of fused-ring (bicyclic) bond motifs is 1. The van der Waals surface area contributed by atoms with Crippen molar-refractivity contribution in [3.05, 3.63) is 94.5 Å². The van der Waals surface area contributed by atoms with E-state index in [9.17, 15) is 14.4 Å². The van der Waals surface area contributed by atoms with Crippen LogP contribution in [0.5, 0.6) is 5.75 Å². The molecule has 0 spiro atoms. The Hall–Kier alpha value is -4.01. The Bertz CT molecular complexity index is 1280. The predicted molar refractivity (Wildman–Crippen MR) is 127 cm³/mol. The van der Waals surface area contributed by atoms with Gasteiger partial charge in [-0.2, -0.15) is 0 Å². The zero-order valence-corrected chi connectivity index (χ0v) is 19.4. The molecule has 3 aromatic rings. The Morgan fingerprint density at radius 3 is 2.23 bits per heavy atom. The summed E-state index contributed by atoms with van der Waals surface area (Å²) in [6.45, 7) is 2.69. The minimum atomic E-state index is -0.878. The lowest BCUT2D eigenvalue weighted by atomic mass is 10.0. The number of nitrogens with zero attached hydrogens (tertiary/aromatic N) is 2. The van der Waals surface area contributed by atoms with E-state index in [0.29, 0.717) is 46.9 Å². The predicted octanol–water partition coefficient (Wildman–Crippen LogP) is 3.78. The zero-order chi connectivity index (χ0) is 24.5. The fourth-order valence-corrected chi connectivity index (χ4v) is 4.40. The molecule has 2 aliphatic rings. The zero-order valence-electron chi connectivity index (χ0n) is 19.4. The van der Waals surface area contributed by atoms with Crippen molar-refractivity contribution in [3.63, 3.8) is 0 Å². The molecule has 0 saturated carbocycles. The molecule has 35 heavy (non-hydrogen) atoms. The first-order valence-corrected chi connectivity index (χ1v) is 11.2. The van der Waals surface area contributed by atoms with Gasteiger partial charge >= 0.3 is 0 Å². The third kappa shape index (κ3) is 4.07. The second-order valence-corrected chi connectivity index (χ2v) is 8.29. The summed E-state index contributed by atoms with van der Waals surface area (Å²) >= 11 is 0. The molecule has 8 nitrogen and oxygen atoms in total. The van der Waals surface area contributed by atoms with Crippen molar-refractivity contribution in [1.82, 2.24) is 4.90 Å². The molecular weight excluding hydrogens is 448 g/mol. The monoisotopic (exact) mass is 472 g/mol. The van der Waals surface area contributed by atoms with E-state index in [-0.39, 0.29) is 24.3 Å². The van der Waals surface area contributed by atoms with E-state index >= 15 is 0 Å². The summed E-state index contributed by atoms with van der Waals surface area (Å²) in [6.07, 6.45) is -0.878. The molecule has 3 amide bonds. The van der Waals surface area contributed by atoms with Crippen molar-refractivity contribution in [2.24, 2.45) is 0 Å². The molecule has 0 aliphatic carbocycles. The molecule has 0 unspecified atom stereocenters. The maximum Gasteiger partial charge on any atom is 0.262 e. The Labute approximate surface area is 202 Å². The van der Waals surface area contributed by atoms with E-state index in [1.165, 1.54) is 16.9 Å². The van der Waals surface area contributed by atoms with Gasteiger partial charge in [0.05, 0.1) is 43.7 Å². The topological polar surface area (TPSA) is 85.4 Å². The number of carbonyl (C=O) groups is 3. The summed E-state index contributed by atoms with van der Waals surface area (Å²) < 4.78 is 16.8. The highest BCUT2D eigenvalue weighted by atomic mass is 16.7. The van der Waals surface area contributed by atoms with Gasteiger partial charge in [0.2, 0.25) is 6.41 Å². The average Bonchev–Trinajstić information content (AvgIpc) is 3.48. The maximum absolute atomic E-state index is 13.7. The number of methoxy groups -OCH3 is 1. The van der Waals surface area contributed by atoms with Crippen molar-refractivity contribution in [1.29, 1.82) is 0 Å². The van der Waals surface area contributed by atoms with E-state index in [1.807, 2.05) is 25.1 Å². The average molecular weight is 472 g/mol. The molecule has 8 heteroatoms. The molecule has 0 aromatic heterocycles. The van der Waals surface area contributed by atoms with Gasteiger partial charge in [-0.3, -0.25) is 24.2 Å². The number of aryl methyl sites for hydroxylation is 1. The highest BCUT2D eigenvalue weighted by Gasteiger charge is 2.36. The van der Waals surface area contributed by atoms with Crippen LogP contribution >= 0.6 is 0 Å². The van der Waals surface area contributed by atoms with E-state index < -0.39 is 6.41 Å². The van der Waals surface area contributed by atoms with Gasteiger partial charge in [-0.1, -0.05) is 36.4 Å². The number of carbonyl (C=O) groups excluding carboxylic acids is 3. The number of para-hydroxylation sites is 2. The second-order valence-electron chi connectivity index (χ2n) is 8.29. The number of rotatable bonds is 6. The summed E-state index contributed by atoms with van der Waals surface area (Å²) in [7, 11) is 1.54. The fraction of sp³-hybridized carbons (Fsp3) is 0.222. The van der Waals surface area contributed by atoms with Crippen LogP contribution in [0.1, 0.15) is 42.2 Å². The number of benzene rings is 3. The Kier molecular flexibility index (Phi) is 6.07. The van der Waals surface area contributed by atoms with Gasteiger partial charge in [-0.05, 0) is 48.4 Å². The summed E-state index contributed by atoms with van der Waals surface area (Å²) in [6, 6.07) is 19.2. The van der Waals surface area contributed by atoms with Crippen LogP contribution in [-0.4, -0.2) is 49.4 Å². The lowest BCUT2D eigenvalue weighted by molar-refractivity contribution is -0.0388. The Morgan fingerprint density at radius 2 is 1.60 bits per heavy atom. The van der Waals surface area contributed by atoms with Crippen LogP contribution in [0.4, 0.5) is 5.69 Å². The highest BCUT2D eigenvalue weighted by Crippen LogP contribution is 2.33. The van der Waals surface area contributed by atoms with Crippen LogP contribution < -0.4 is 9.64 Å². The lowest BCUT2D eigenvalue weighted by Gasteiger charge is -2.29. The van der Waals surface area contributed by atoms with Gasteiger partial charge in [0.1, 0.15) is 5.75 Å². The first kappa shape index (κ1) is 22.8. The molecule has 0 atom stereocenters. The smallest absolute Gasteiger partial charge is 0.262 e. The maximum atomic E-state index is 13.7. The van der Waals surface area contributed by atoms with Crippen molar-refractivity contribution in [2.75, 3.05) is 25.2 Å². The standard InChI is InChI=1S/C27H24N2O6/c1-17-15-18(16-28-24(30)20-7-3-4-8-21(20)25(28)31)11-12-19(17)26(32)29(27-34-13-14-35-27)22-9-5-6-10-23(22)33-2/h3-12,15,27H,13-14,16H2,1-2H3. The van der Waals surface area contributed by atoms with Gasteiger partial charge in [0.25, 0.3) is 17.7 Å². The SMILES string of the molecule is COc1ccccc1N(C(=O)c1ccc(CN2C(=O)c3ccccc3C2=O)cc1C)C1OCCO1. The van der Waals surface area contributed by atoms with Crippen molar-refractivity contribution in [3.8, 4) is 5.75 Å². The van der Waals surface area contributed by atoms with Crippen LogP contribution in [-0.2, 0) is 16.0 Å². The van der Waals surface area contributed by atoms with Gasteiger partial charge in [0, 0.05) is 5.56 Å². The normalized spacial score (nSPS) is 15.4. The number of imide groups is 1. The van der Waals surface area contributed by atoms with Crippen LogP contribution in [0, 0.1) is 6.92 Å². The molecular formula is C27H24N2O6. The van der Waals surface area contributed by atoms with Crippen LogP contribution in [0.15, 0.2) is 66.7 Å². The van der Waals surface area contributed by atoms with Gasteiger partial charge in [-0.15, -0.1) is 0 Å². The highest BCUT2D eigenvalue weighted by molar-refractivity contribution is 6.21. The molecule has 178 valence electrons. The first-order chi connectivity index (χ1) is 17.0. The molecule has 5 rings (SSSR count). The minimum Gasteiger partial charge on any atom is -0.495 e. The number of ether oxygens (including phenoxy) is 3. The lowest BCUT2D eigenvalue weighted by Crippen LogP contribution is -2.41. The number of hydrogen-bond donors (Lipinski definition) is 0. The van der Waals surface area contributed by atoms with Crippen molar-refractivity contribution < 1.29 is 28.6 Å². The molecule has 1 saturated heterocycles. The van der Waals surface area contributed by atoms with E-state index in [0.717, 1.165) is 5.56 Å². The number of hydrogen-bond acceptors (Lipinski definition) is 6. The summed E-state index contributed by atoms with van der Waals surface area (Å²) in [5, 5.41) is 0. The third-order valence-corrected chi connectivity index (χ3v) is 6.12. The van der Waals surface area contributed by atoms with E-state index in [2.05, 4.69) is 0 Å². The summed E-state index contributed by atoms with van der Waals surface area (Å²) in [5.41, 5.74) is 3.23. The minimum absolute atomic E-state index is 0.118. The third-order valence-electron chi connectivity index (χ3n) is 6.12. The largest absolute Gasteiger partial charge is 0.495 e. The summed E-state index contributed by atoms with van der Waals surface area (Å²) in [4.78, 5) is 41.8. The fourth-order valence-electron chi connectivity index (χ4n) is 4.40. The Balaban J connectivity index is 1.43. The van der Waals surface area contributed by atoms with E-state index in [1.54, 1.807) is 48.5 Å². The summed E-state index contributed by atoms with van der Waals surface area (Å²) in [5.74, 6) is -0.436. The second kappa shape index (κ2) is 9.32. The molecule has 2 heterocycles. The first-order valence-electron chi connectivity index (χ1n) is 11.2. The van der Waals surface area contributed by atoms with Crippen LogP contribution in [0.25, 0.3) is 0 Å². The molecule has 3 aromatic carbocycles. The van der Waals surface area contributed by atoms with Gasteiger partial charge < -0.3 is 14.2 Å². The molecule has 0 bridgehead atoms. The number of anilines is 1. The Morgan fingerprint density at radius 1 is 0.971 bits per heavy atom. The van der Waals surface area contributed by atoms with Crippen LogP contribution in [0.3, 0.4) is 0 Å². The van der Waals surface area contributed by atoms with Gasteiger partial charge in [-0.25, -0.2) is 0 Å². The van der Waals surface area contributed by atoms with E-state index in [4.69, 9.17) is 14.2 Å². The molecule has 0 radical (unpaired) electrons. The quantitative estimate of drug-likeness (QED) is 0.508. The van der Waals surface area contributed by atoms with Crippen molar-refractivity contribution in [2.45, 2.75) is 19.9 Å². The molecule has 1 fully saturated rings. The van der Waals surface area contributed by atoms with Gasteiger partial charge in [0.15, 0.2) is 0 Å². The van der Waals surface area contributed by atoms with Crippen LogP contribution in [0.2, 0.25) is 0 Å². The molecule has 2 aliphatic heterocycles.